The fourth-order valence-corrected chi connectivity index (χ4v) is 2.57. The maximum Gasteiger partial charge on any atom is 0.0780 e. The number of benzene rings is 2. The number of rotatable bonds is 3. The van der Waals surface area contributed by atoms with E-state index in [1.165, 1.54) is 16.7 Å². The smallest absolute Gasteiger partial charge is 0.0780 e. The normalized spacial score (nSPS) is 11.6. The molecule has 2 heteroatoms. The van der Waals surface area contributed by atoms with Crippen molar-refractivity contribution < 1.29 is 0 Å². The molecule has 0 N–H and O–H groups in total. The van der Waals surface area contributed by atoms with Crippen molar-refractivity contribution in [3.05, 3.63) is 65.2 Å². The Labute approximate surface area is 119 Å². The van der Waals surface area contributed by atoms with Crippen LogP contribution < -0.4 is 0 Å². The molecule has 2 aromatic carbocycles. The highest BCUT2D eigenvalue weighted by molar-refractivity contribution is 8.13. The Balaban J connectivity index is 2.27. The molecule has 0 fully saturated rings. The molecule has 0 bridgehead atoms. The van der Waals surface area contributed by atoms with Crippen molar-refractivity contribution in [2.45, 2.75) is 20.3 Å². The molecule has 0 heterocycles. The summed E-state index contributed by atoms with van der Waals surface area (Å²) in [5.41, 5.74) is 5.11. The van der Waals surface area contributed by atoms with Crippen LogP contribution in [-0.2, 0) is 6.42 Å². The molecule has 2 rings (SSSR count). The van der Waals surface area contributed by atoms with Crippen LogP contribution in [0.2, 0.25) is 0 Å². The van der Waals surface area contributed by atoms with Crippen LogP contribution in [0.3, 0.4) is 0 Å². The van der Waals surface area contributed by atoms with Gasteiger partial charge in [-0.3, -0.25) is 0 Å². The van der Waals surface area contributed by atoms with Crippen molar-refractivity contribution in [2.75, 3.05) is 6.26 Å². The van der Waals surface area contributed by atoms with Gasteiger partial charge in [-0.1, -0.05) is 36.4 Å². The second kappa shape index (κ2) is 6.58. The number of thioether (sulfide) groups is 1. The van der Waals surface area contributed by atoms with Gasteiger partial charge in [0, 0.05) is 6.42 Å². The summed E-state index contributed by atoms with van der Waals surface area (Å²) in [4.78, 5) is 4.73. The molecule has 0 radical (unpaired) electrons. The predicted octanol–water partition coefficient (Wildman–Crippen LogP) is 4.94. The summed E-state index contributed by atoms with van der Waals surface area (Å²) >= 11 is 1.73. The van der Waals surface area contributed by atoms with E-state index in [0.29, 0.717) is 0 Å². The molecule has 0 aliphatic heterocycles. The van der Waals surface area contributed by atoms with E-state index < -0.39 is 0 Å². The molecule has 2 aromatic rings. The first-order chi connectivity index (χ1) is 9.20. The lowest BCUT2D eigenvalue weighted by atomic mass is 10.0. The highest BCUT2D eigenvalue weighted by atomic mass is 32.2. The van der Waals surface area contributed by atoms with Gasteiger partial charge in [0.2, 0.25) is 0 Å². The largest absolute Gasteiger partial charge is 0.246 e. The van der Waals surface area contributed by atoms with E-state index in [1.54, 1.807) is 11.8 Å². The molecular weight excluding hydrogens is 250 g/mol. The van der Waals surface area contributed by atoms with Gasteiger partial charge in [-0.15, -0.1) is 11.8 Å². The summed E-state index contributed by atoms with van der Waals surface area (Å²) in [5, 5.41) is 1.16. The van der Waals surface area contributed by atoms with Crippen LogP contribution in [0.1, 0.15) is 16.7 Å². The number of aryl methyl sites for hydroxylation is 2. The molecule has 98 valence electrons. The summed E-state index contributed by atoms with van der Waals surface area (Å²) in [6.45, 7) is 4.34. The molecule has 0 aromatic heterocycles. The minimum atomic E-state index is 0.911. The number of nitrogens with zero attached hydrogens (tertiary/aromatic N) is 1. The van der Waals surface area contributed by atoms with Gasteiger partial charge in [-0.05, 0) is 48.9 Å². The summed E-state index contributed by atoms with van der Waals surface area (Å²) in [5.74, 6) is 0. The Morgan fingerprint density at radius 1 is 0.947 bits per heavy atom. The fourth-order valence-electron chi connectivity index (χ4n) is 2.08. The average Bonchev–Trinajstić information content (AvgIpc) is 2.43. The van der Waals surface area contributed by atoms with Gasteiger partial charge >= 0.3 is 0 Å². The van der Waals surface area contributed by atoms with Crippen LogP contribution in [0.15, 0.2) is 53.5 Å². The van der Waals surface area contributed by atoms with Gasteiger partial charge < -0.3 is 0 Å². The topological polar surface area (TPSA) is 12.4 Å². The van der Waals surface area contributed by atoms with Crippen LogP contribution in [-0.4, -0.2) is 11.3 Å². The molecule has 0 atom stereocenters. The summed E-state index contributed by atoms with van der Waals surface area (Å²) < 4.78 is 0. The second-order valence-electron chi connectivity index (χ2n) is 4.59. The monoisotopic (exact) mass is 269 g/mol. The summed E-state index contributed by atoms with van der Waals surface area (Å²) in [6.07, 6.45) is 3.00. The molecule has 1 nitrogen and oxygen atoms in total. The van der Waals surface area contributed by atoms with Crippen molar-refractivity contribution >= 4 is 22.5 Å². The zero-order valence-corrected chi connectivity index (χ0v) is 12.5. The highest BCUT2D eigenvalue weighted by Crippen LogP contribution is 2.20. The van der Waals surface area contributed by atoms with Crippen molar-refractivity contribution in [1.82, 2.24) is 0 Å². The molecule has 0 saturated heterocycles. The second-order valence-corrected chi connectivity index (χ2v) is 5.47. The number of para-hydroxylation sites is 1. The first-order valence-electron chi connectivity index (χ1n) is 6.42. The molecular formula is C17H19NS. The molecule has 0 spiro atoms. The van der Waals surface area contributed by atoms with E-state index in [9.17, 15) is 0 Å². The Morgan fingerprint density at radius 3 is 2.16 bits per heavy atom. The molecule has 0 amide bonds. The quantitative estimate of drug-likeness (QED) is 0.568. The molecule has 19 heavy (non-hydrogen) atoms. The minimum Gasteiger partial charge on any atom is -0.246 e. The maximum atomic E-state index is 4.73. The van der Waals surface area contributed by atoms with Gasteiger partial charge in [0.15, 0.2) is 0 Å². The number of aliphatic imine (C=N–C) groups is 1. The zero-order valence-electron chi connectivity index (χ0n) is 11.7. The van der Waals surface area contributed by atoms with Crippen molar-refractivity contribution in [2.24, 2.45) is 4.99 Å². The van der Waals surface area contributed by atoms with Crippen LogP contribution >= 0.6 is 11.8 Å². The highest BCUT2D eigenvalue weighted by Gasteiger charge is 2.06. The molecule has 0 aliphatic carbocycles. The van der Waals surface area contributed by atoms with Gasteiger partial charge in [-0.2, -0.15) is 0 Å². The van der Waals surface area contributed by atoms with Gasteiger partial charge in [0.05, 0.1) is 10.7 Å². The minimum absolute atomic E-state index is 0.911. The third kappa shape index (κ3) is 3.71. The predicted molar refractivity (Wildman–Crippen MR) is 86.7 cm³/mol. The van der Waals surface area contributed by atoms with E-state index in [-0.39, 0.29) is 0 Å². The Hall–Kier alpha value is -1.54. The molecule has 0 saturated carbocycles. The third-order valence-corrected chi connectivity index (χ3v) is 3.92. The zero-order chi connectivity index (χ0) is 13.7. The standard InChI is InChI=1S/C17H19NS/c1-13-8-7-9-14(2)16(13)12-17(19-3)18-15-10-5-4-6-11-15/h4-11H,12H2,1-3H3. The Bertz CT molecular complexity index is 553. The SMILES string of the molecule is CSC(Cc1c(C)cccc1C)=Nc1ccccc1. The van der Waals surface area contributed by atoms with Gasteiger partial charge in [-0.25, -0.2) is 4.99 Å². The molecule has 0 unspecified atom stereocenters. The lowest BCUT2D eigenvalue weighted by Crippen LogP contribution is -2.02. The van der Waals surface area contributed by atoms with Crippen LogP contribution in [0.5, 0.6) is 0 Å². The van der Waals surface area contributed by atoms with Crippen LogP contribution in [0.4, 0.5) is 5.69 Å². The van der Waals surface area contributed by atoms with Crippen molar-refractivity contribution in [3.8, 4) is 0 Å². The van der Waals surface area contributed by atoms with E-state index in [4.69, 9.17) is 4.99 Å². The summed E-state index contributed by atoms with van der Waals surface area (Å²) in [7, 11) is 0. The molecule has 0 aliphatic rings. The van der Waals surface area contributed by atoms with E-state index >= 15 is 0 Å². The Morgan fingerprint density at radius 2 is 1.58 bits per heavy atom. The summed E-state index contributed by atoms with van der Waals surface area (Å²) in [6, 6.07) is 16.6. The van der Waals surface area contributed by atoms with E-state index in [1.807, 2.05) is 30.3 Å². The van der Waals surface area contributed by atoms with Crippen LogP contribution in [0, 0.1) is 13.8 Å². The van der Waals surface area contributed by atoms with E-state index in [2.05, 4.69) is 38.3 Å². The maximum absolute atomic E-state index is 4.73. The van der Waals surface area contributed by atoms with Gasteiger partial charge in [0.1, 0.15) is 0 Å². The van der Waals surface area contributed by atoms with E-state index in [0.717, 1.165) is 17.2 Å². The third-order valence-electron chi connectivity index (χ3n) is 3.22. The van der Waals surface area contributed by atoms with Gasteiger partial charge in [0.25, 0.3) is 0 Å². The number of hydrogen-bond donors (Lipinski definition) is 0. The number of hydrogen-bond acceptors (Lipinski definition) is 2. The lowest BCUT2D eigenvalue weighted by molar-refractivity contribution is 1.21. The van der Waals surface area contributed by atoms with Crippen LogP contribution in [0.25, 0.3) is 0 Å². The average molecular weight is 269 g/mol. The first-order valence-corrected chi connectivity index (χ1v) is 7.65. The first kappa shape index (κ1) is 13.9. The van der Waals surface area contributed by atoms with Crippen molar-refractivity contribution in [3.63, 3.8) is 0 Å². The Kier molecular flexibility index (Phi) is 4.80. The van der Waals surface area contributed by atoms with Crippen molar-refractivity contribution in [1.29, 1.82) is 0 Å². The lowest BCUT2D eigenvalue weighted by Gasteiger charge is -2.10. The fraction of sp³-hybridized carbons (Fsp3) is 0.235.